The van der Waals surface area contributed by atoms with Crippen molar-refractivity contribution in [3.63, 3.8) is 0 Å². The Morgan fingerprint density at radius 2 is 1.57 bits per heavy atom. The van der Waals surface area contributed by atoms with Gasteiger partial charge < -0.3 is 0 Å². The van der Waals surface area contributed by atoms with E-state index in [4.69, 9.17) is 0 Å². The van der Waals surface area contributed by atoms with Gasteiger partial charge in [0.25, 0.3) is 0 Å². The Labute approximate surface area is 190 Å². The molecule has 0 N–H and O–H groups in total. The molecular weight excluding hydrogens is 440 g/mol. The van der Waals surface area contributed by atoms with E-state index >= 15 is 0 Å². The number of rotatable bonds is 2. The fourth-order valence-electron chi connectivity index (χ4n) is 5.16. The van der Waals surface area contributed by atoms with Crippen LogP contribution in [0.5, 0.6) is 0 Å². The Morgan fingerprint density at radius 1 is 0.833 bits per heavy atom. The van der Waals surface area contributed by atoms with E-state index in [0.717, 1.165) is 6.42 Å². The molecule has 30 heavy (non-hydrogen) atoms. The summed E-state index contributed by atoms with van der Waals surface area (Å²) in [5.41, 5.74) is 9.74. The number of fused-ring (bicyclic) bond motifs is 3. The fraction of sp³-hybridized carbons (Fsp3) is 0.414. The van der Waals surface area contributed by atoms with Crippen molar-refractivity contribution in [2.75, 3.05) is 0 Å². The third-order valence-electron chi connectivity index (χ3n) is 6.95. The number of allylic oxidation sites excluding steroid dienone is 4. The minimum absolute atomic E-state index is 0.198. The molecule has 0 atom stereocenters. The quantitative estimate of drug-likeness (QED) is 0.379. The van der Waals surface area contributed by atoms with E-state index in [9.17, 15) is 0 Å². The van der Waals surface area contributed by atoms with Gasteiger partial charge in [0.05, 0.1) is 0 Å². The first kappa shape index (κ1) is 20.6. The molecule has 0 radical (unpaired) electrons. The van der Waals surface area contributed by atoms with Crippen LogP contribution in [0.15, 0.2) is 51.8 Å². The Hall–Kier alpha value is -1.33. The molecule has 5 rings (SSSR count). The van der Waals surface area contributed by atoms with Crippen molar-refractivity contribution >= 4 is 6.48 Å². The summed E-state index contributed by atoms with van der Waals surface area (Å²) in [4.78, 5) is 0. The van der Waals surface area contributed by atoms with Crippen LogP contribution >= 0.6 is 0 Å². The van der Waals surface area contributed by atoms with Crippen LogP contribution in [0, 0.1) is 0 Å². The van der Waals surface area contributed by atoms with Gasteiger partial charge >= 0.3 is 191 Å². The summed E-state index contributed by atoms with van der Waals surface area (Å²) in [6, 6.07) is 12.2. The molecular formula is C29H34Zr. The van der Waals surface area contributed by atoms with Crippen molar-refractivity contribution in [3.8, 4) is 11.1 Å². The molecule has 0 aliphatic heterocycles. The summed E-state index contributed by atoms with van der Waals surface area (Å²) in [5.74, 6) is 0. The average molecular weight is 474 g/mol. The zero-order valence-corrected chi connectivity index (χ0v) is 21.9. The fourth-order valence-corrected chi connectivity index (χ4v) is 14.0. The molecule has 0 amide bonds. The molecule has 3 aliphatic rings. The van der Waals surface area contributed by atoms with Gasteiger partial charge in [-0.05, 0) is 0 Å². The third-order valence-corrected chi connectivity index (χ3v) is 15.0. The van der Waals surface area contributed by atoms with Crippen molar-refractivity contribution < 1.29 is 21.3 Å². The predicted molar refractivity (Wildman–Crippen MR) is 128 cm³/mol. The van der Waals surface area contributed by atoms with Crippen LogP contribution in [0.3, 0.4) is 0 Å². The Morgan fingerprint density at radius 3 is 2.17 bits per heavy atom. The van der Waals surface area contributed by atoms with Crippen LogP contribution in [0.1, 0.15) is 83.1 Å². The number of benzene rings is 2. The van der Waals surface area contributed by atoms with Crippen molar-refractivity contribution in [1.82, 2.24) is 0 Å². The zero-order chi connectivity index (χ0) is 21.3. The van der Waals surface area contributed by atoms with Crippen LogP contribution in [0.4, 0.5) is 0 Å². The molecule has 0 bridgehead atoms. The molecule has 1 fully saturated rings. The van der Waals surface area contributed by atoms with Gasteiger partial charge in [-0.3, -0.25) is 0 Å². The molecule has 0 heterocycles. The summed E-state index contributed by atoms with van der Waals surface area (Å²) in [5, 5.41) is 0. The second kappa shape index (κ2) is 7.10. The third kappa shape index (κ3) is 3.52. The Kier molecular flexibility index (Phi) is 4.87. The minimum atomic E-state index is -1.99. The van der Waals surface area contributed by atoms with Crippen molar-refractivity contribution in [2.24, 2.45) is 0 Å². The van der Waals surface area contributed by atoms with E-state index in [1.54, 1.807) is 20.0 Å². The van der Waals surface area contributed by atoms with Gasteiger partial charge in [-0.1, -0.05) is 0 Å². The standard InChI is InChI=1S/C21H25.C5H5.C3H4.Zr/c1-20(2,3)16-7-9-18-14(12-16)11-15-13-17(21(4,5)6)8-10-19(15)18;1-2-4-5-3-1;1-2-3-1;/h7-10,12H,11H2,1-6H3;1-3H,4H2;1-2H2;. The SMILES string of the molecule is CC(C)(C)c1ccc2c(c1)Cc1c-2ccc(C(C)(C)C)[c]1[Zr]([C]1=CC=CC1)=[C]1CC1. The first-order valence-electron chi connectivity index (χ1n) is 11.5. The first-order chi connectivity index (χ1) is 14.1. The molecule has 1 saturated carbocycles. The average Bonchev–Trinajstić information content (AvgIpc) is 3.21. The van der Waals surface area contributed by atoms with Gasteiger partial charge in [-0.25, -0.2) is 0 Å². The van der Waals surface area contributed by atoms with Gasteiger partial charge in [0, 0.05) is 0 Å². The van der Waals surface area contributed by atoms with Gasteiger partial charge in [-0.15, -0.1) is 0 Å². The van der Waals surface area contributed by atoms with Crippen LogP contribution in [0.2, 0.25) is 0 Å². The van der Waals surface area contributed by atoms with Gasteiger partial charge in [0.1, 0.15) is 0 Å². The van der Waals surface area contributed by atoms with E-state index in [1.165, 1.54) is 36.0 Å². The molecule has 0 aromatic heterocycles. The molecule has 2 aromatic carbocycles. The topological polar surface area (TPSA) is 0 Å². The number of hydrogen-bond acceptors (Lipinski definition) is 0. The maximum atomic E-state index is 2.50. The molecule has 0 nitrogen and oxygen atoms in total. The predicted octanol–water partition coefficient (Wildman–Crippen LogP) is 6.91. The van der Waals surface area contributed by atoms with E-state index in [-0.39, 0.29) is 10.8 Å². The Bertz CT molecular complexity index is 1130. The normalized spacial score (nSPS) is 17.1. The monoisotopic (exact) mass is 472 g/mol. The van der Waals surface area contributed by atoms with E-state index in [1.807, 2.05) is 6.48 Å². The Balaban J connectivity index is 1.73. The van der Waals surface area contributed by atoms with Gasteiger partial charge in [0.2, 0.25) is 0 Å². The molecule has 0 spiro atoms. The van der Waals surface area contributed by atoms with Crippen molar-refractivity contribution in [1.29, 1.82) is 0 Å². The van der Waals surface area contributed by atoms with Crippen LogP contribution in [-0.4, -0.2) is 3.21 Å². The zero-order valence-electron chi connectivity index (χ0n) is 19.4. The summed E-state index contributed by atoms with van der Waals surface area (Å²) in [6.45, 7) is 14.2. The molecule has 1 heteroatoms. The first-order valence-corrected chi connectivity index (χ1v) is 15.2. The molecule has 0 saturated heterocycles. The van der Waals surface area contributed by atoms with Crippen molar-refractivity contribution in [2.45, 2.75) is 78.1 Å². The summed E-state index contributed by atoms with van der Waals surface area (Å²) in [6.07, 6.45) is 12.3. The van der Waals surface area contributed by atoms with E-state index in [0.29, 0.717) is 0 Å². The molecule has 154 valence electrons. The van der Waals surface area contributed by atoms with Crippen LogP contribution in [0.25, 0.3) is 11.1 Å². The van der Waals surface area contributed by atoms with Crippen LogP contribution in [-0.2, 0) is 38.5 Å². The van der Waals surface area contributed by atoms with Gasteiger partial charge in [0.15, 0.2) is 0 Å². The summed E-state index contributed by atoms with van der Waals surface area (Å²) in [7, 11) is 0. The summed E-state index contributed by atoms with van der Waals surface area (Å²) >= 11 is -1.99. The van der Waals surface area contributed by atoms with E-state index in [2.05, 4.69) is 90.1 Å². The van der Waals surface area contributed by atoms with E-state index < -0.39 is 21.3 Å². The second-order valence-corrected chi connectivity index (χ2v) is 17.8. The molecule has 0 unspecified atom stereocenters. The second-order valence-electron chi connectivity index (χ2n) is 11.4. The maximum absolute atomic E-state index is 2.50. The molecule has 3 aliphatic carbocycles. The van der Waals surface area contributed by atoms with Crippen LogP contribution < -0.4 is 3.27 Å². The summed E-state index contributed by atoms with van der Waals surface area (Å²) < 4.78 is 5.58. The molecule has 2 aromatic rings. The number of hydrogen-bond donors (Lipinski definition) is 0. The van der Waals surface area contributed by atoms with Crippen molar-refractivity contribution in [3.05, 3.63) is 74.1 Å². The van der Waals surface area contributed by atoms with Gasteiger partial charge in [-0.2, -0.15) is 0 Å².